The molecule has 0 aliphatic carbocycles. The Morgan fingerprint density at radius 2 is 2.08 bits per heavy atom. The van der Waals surface area contributed by atoms with Crippen LogP contribution in [0.4, 0.5) is 5.69 Å². The van der Waals surface area contributed by atoms with E-state index in [1.165, 1.54) is 17.7 Å². The highest BCUT2D eigenvalue weighted by molar-refractivity contribution is 7.17. The fourth-order valence-corrected chi connectivity index (χ4v) is 3.35. The number of para-hydroxylation sites is 1. The Hall–Kier alpha value is -2.77. The van der Waals surface area contributed by atoms with Crippen molar-refractivity contribution < 1.29 is 4.79 Å². The molecule has 8 heteroatoms. The predicted molar refractivity (Wildman–Crippen MR) is 93.9 cm³/mol. The maximum atomic E-state index is 12.5. The Labute approximate surface area is 145 Å². The van der Waals surface area contributed by atoms with Gasteiger partial charge in [-0.15, -0.1) is 11.3 Å². The van der Waals surface area contributed by atoms with Crippen LogP contribution in [0.1, 0.15) is 10.5 Å². The number of carbonyl (C=O) groups excluding carboxylic acids is 1. The Bertz CT molecular complexity index is 1040. The zero-order valence-electron chi connectivity index (χ0n) is 12.2. The third-order valence-electron chi connectivity index (χ3n) is 3.40. The predicted octanol–water partition coefficient (Wildman–Crippen LogP) is 3.78. The number of anilines is 1. The smallest absolute Gasteiger partial charge is 0.275 e. The Morgan fingerprint density at radius 1 is 1.21 bits per heavy atom. The third-order valence-corrected chi connectivity index (χ3v) is 4.63. The summed E-state index contributed by atoms with van der Waals surface area (Å²) in [7, 11) is 0. The van der Waals surface area contributed by atoms with Crippen molar-refractivity contribution in [3.8, 4) is 5.69 Å². The van der Waals surface area contributed by atoms with Crippen LogP contribution in [-0.4, -0.2) is 25.7 Å². The average Bonchev–Trinajstić information content (AvgIpc) is 3.24. The molecule has 0 bridgehead atoms. The molecule has 4 aromatic rings. The molecule has 4 rings (SSSR count). The lowest BCUT2D eigenvalue weighted by molar-refractivity contribution is 0.102. The van der Waals surface area contributed by atoms with Crippen molar-refractivity contribution in [1.82, 2.24) is 19.7 Å². The van der Waals surface area contributed by atoms with Crippen LogP contribution >= 0.6 is 22.9 Å². The number of fused-ring (bicyclic) bond motifs is 1. The molecule has 1 N–H and O–H groups in total. The van der Waals surface area contributed by atoms with E-state index in [0.29, 0.717) is 16.4 Å². The van der Waals surface area contributed by atoms with Gasteiger partial charge in [-0.05, 0) is 23.6 Å². The van der Waals surface area contributed by atoms with Gasteiger partial charge in [0.2, 0.25) is 0 Å². The minimum Gasteiger partial charge on any atom is -0.318 e. The summed E-state index contributed by atoms with van der Waals surface area (Å²) in [6.07, 6.45) is 4.65. The summed E-state index contributed by atoms with van der Waals surface area (Å²) >= 11 is 7.59. The van der Waals surface area contributed by atoms with Crippen LogP contribution in [0.3, 0.4) is 0 Å². The fraction of sp³-hybridized carbons (Fsp3) is 0. The van der Waals surface area contributed by atoms with Crippen molar-refractivity contribution >= 4 is 44.7 Å². The second-order valence-corrected chi connectivity index (χ2v) is 6.26. The van der Waals surface area contributed by atoms with Crippen molar-refractivity contribution in [1.29, 1.82) is 0 Å². The molecular weight excluding hydrogens is 346 g/mol. The first-order valence-corrected chi connectivity index (χ1v) is 8.27. The van der Waals surface area contributed by atoms with E-state index in [9.17, 15) is 4.79 Å². The van der Waals surface area contributed by atoms with Crippen LogP contribution in [0.5, 0.6) is 0 Å². The van der Waals surface area contributed by atoms with E-state index in [-0.39, 0.29) is 5.91 Å². The number of thiophene rings is 1. The molecule has 0 radical (unpaired) electrons. The number of halogens is 1. The maximum Gasteiger partial charge on any atom is 0.275 e. The highest BCUT2D eigenvalue weighted by Crippen LogP contribution is 2.23. The molecule has 3 heterocycles. The van der Waals surface area contributed by atoms with E-state index < -0.39 is 0 Å². The Balaban J connectivity index is 1.61. The van der Waals surface area contributed by atoms with Crippen molar-refractivity contribution in [3.05, 3.63) is 65.1 Å². The number of carbonyl (C=O) groups is 1. The van der Waals surface area contributed by atoms with Crippen LogP contribution in [0.2, 0.25) is 5.02 Å². The van der Waals surface area contributed by atoms with Gasteiger partial charge in [-0.3, -0.25) is 4.79 Å². The van der Waals surface area contributed by atoms with Crippen molar-refractivity contribution in [2.75, 3.05) is 5.32 Å². The second-order valence-electron chi connectivity index (χ2n) is 4.94. The molecule has 0 saturated heterocycles. The lowest BCUT2D eigenvalue weighted by atomic mass is 10.3. The number of amides is 1. The van der Waals surface area contributed by atoms with Gasteiger partial charge in [0.1, 0.15) is 12.0 Å². The lowest BCUT2D eigenvalue weighted by Crippen LogP contribution is -2.13. The average molecular weight is 356 g/mol. The molecule has 0 unspecified atom stereocenters. The quantitative estimate of drug-likeness (QED) is 0.607. The van der Waals surface area contributed by atoms with Gasteiger partial charge in [0.05, 0.1) is 39.0 Å². The second kappa shape index (κ2) is 6.03. The minimum atomic E-state index is -0.302. The van der Waals surface area contributed by atoms with Crippen molar-refractivity contribution in [3.63, 3.8) is 0 Å². The molecule has 0 fully saturated rings. The Morgan fingerprint density at radius 3 is 2.96 bits per heavy atom. The van der Waals surface area contributed by atoms with Crippen LogP contribution in [0.25, 0.3) is 15.9 Å². The van der Waals surface area contributed by atoms with E-state index in [0.717, 1.165) is 15.9 Å². The molecule has 0 atom stereocenters. The molecule has 24 heavy (non-hydrogen) atoms. The highest BCUT2D eigenvalue weighted by atomic mass is 35.5. The van der Waals surface area contributed by atoms with Gasteiger partial charge in [0, 0.05) is 0 Å². The number of hydrogen-bond acceptors (Lipinski definition) is 5. The summed E-state index contributed by atoms with van der Waals surface area (Å²) in [6, 6.07) is 9.20. The molecular formula is C16H10ClN5OS. The van der Waals surface area contributed by atoms with Crippen LogP contribution in [0.15, 0.2) is 54.4 Å². The molecule has 1 amide bonds. The van der Waals surface area contributed by atoms with Crippen molar-refractivity contribution in [2.45, 2.75) is 0 Å². The largest absolute Gasteiger partial charge is 0.318 e. The summed E-state index contributed by atoms with van der Waals surface area (Å²) in [6.45, 7) is 0. The van der Waals surface area contributed by atoms with Gasteiger partial charge in [0.25, 0.3) is 5.91 Å². The van der Waals surface area contributed by atoms with Gasteiger partial charge in [-0.2, -0.15) is 5.10 Å². The molecule has 3 aromatic heterocycles. The van der Waals surface area contributed by atoms with Crippen LogP contribution < -0.4 is 5.32 Å². The molecule has 0 aliphatic rings. The van der Waals surface area contributed by atoms with E-state index in [1.807, 2.05) is 29.6 Å². The zero-order chi connectivity index (χ0) is 16.5. The third kappa shape index (κ3) is 2.64. The maximum absolute atomic E-state index is 12.5. The monoisotopic (exact) mass is 355 g/mol. The number of rotatable bonds is 3. The standard InChI is InChI=1S/C16H10ClN5OS/c17-11-3-1-2-4-13(11)22-8-10(7-20-22)21-16(23)14-15-12(5-6-24-15)18-9-19-14/h1-9H,(H,21,23). The van der Waals surface area contributed by atoms with E-state index in [4.69, 9.17) is 11.6 Å². The normalized spacial score (nSPS) is 10.9. The molecule has 6 nitrogen and oxygen atoms in total. The summed E-state index contributed by atoms with van der Waals surface area (Å²) in [5.41, 5.74) is 2.40. The van der Waals surface area contributed by atoms with E-state index >= 15 is 0 Å². The first kappa shape index (κ1) is 14.8. The summed E-state index contributed by atoms with van der Waals surface area (Å²) in [4.78, 5) is 20.7. The number of nitrogens with zero attached hydrogens (tertiary/aromatic N) is 4. The summed E-state index contributed by atoms with van der Waals surface area (Å²) in [5.74, 6) is -0.302. The minimum absolute atomic E-state index is 0.302. The fourth-order valence-electron chi connectivity index (χ4n) is 2.30. The van der Waals surface area contributed by atoms with Crippen LogP contribution in [-0.2, 0) is 0 Å². The molecule has 0 spiro atoms. The van der Waals surface area contributed by atoms with E-state index in [1.54, 1.807) is 23.1 Å². The van der Waals surface area contributed by atoms with E-state index in [2.05, 4.69) is 20.4 Å². The number of hydrogen-bond donors (Lipinski definition) is 1. The molecule has 118 valence electrons. The van der Waals surface area contributed by atoms with Gasteiger partial charge in [0.15, 0.2) is 0 Å². The molecule has 0 saturated carbocycles. The number of aromatic nitrogens is 4. The van der Waals surface area contributed by atoms with Gasteiger partial charge in [-0.25, -0.2) is 14.6 Å². The topological polar surface area (TPSA) is 72.7 Å². The molecule has 1 aromatic carbocycles. The summed E-state index contributed by atoms with van der Waals surface area (Å²) < 4.78 is 2.37. The Kier molecular flexibility index (Phi) is 3.72. The first-order chi connectivity index (χ1) is 11.7. The number of nitrogens with one attached hydrogen (secondary N) is 1. The lowest BCUT2D eigenvalue weighted by Gasteiger charge is -2.04. The zero-order valence-corrected chi connectivity index (χ0v) is 13.8. The SMILES string of the molecule is O=C(Nc1cnn(-c2ccccc2Cl)c1)c1ncnc2ccsc12. The van der Waals surface area contributed by atoms with Gasteiger partial charge >= 0.3 is 0 Å². The summed E-state index contributed by atoms with van der Waals surface area (Å²) in [5, 5.41) is 9.49. The molecule has 0 aliphatic heterocycles. The van der Waals surface area contributed by atoms with Crippen molar-refractivity contribution in [2.24, 2.45) is 0 Å². The number of benzene rings is 1. The van der Waals surface area contributed by atoms with Gasteiger partial charge < -0.3 is 5.32 Å². The van der Waals surface area contributed by atoms with Gasteiger partial charge in [-0.1, -0.05) is 23.7 Å². The highest BCUT2D eigenvalue weighted by Gasteiger charge is 2.15. The first-order valence-electron chi connectivity index (χ1n) is 7.01. The van der Waals surface area contributed by atoms with Crippen LogP contribution in [0, 0.1) is 0 Å².